The molecule has 1 aromatic rings. The number of rotatable bonds is 2. The number of anilines is 1. The van der Waals surface area contributed by atoms with Gasteiger partial charge in [-0.2, -0.15) is 15.6 Å². The maximum Gasteiger partial charge on any atom is 0.237 e. The molecule has 0 aliphatic heterocycles. The van der Waals surface area contributed by atoms with Gasteiger partial charge in [-0.05, 0) is 23.1 Å². The Labute approximate surface area is 101 Å². The third kappa shape index (κ3) is 3.62. The van der Waals surface area contributed by atoms with Gasteiger partial charge in [0.15, 0.2) is 0 Å². The second kappa shape index (κ2) is 5.14. The number of benzene rings is 1. The Kier molecular flexibility index (Phi) is 3.85. The molecule has 0 saturated heterocycles. The molecular weight excluding hydrogens is 212 g/mol. The van der Waals surface area contributed by atoms with E-state index >= 15 is 0 Å². The summed E-state index contributed by atoms with van der Waals surface area (Å²) >= 11 is 0. The lowest BCUT2D eigenvalue weighted by Crippen LogP contribution is -2.10. The van der Waals surface area contributed by atoms with Crippen molar-refractivity contribution in [3.63, 3.8) is 0 Å². The predicted octanol–water partition coefficient (Wildman–Crippen LogP) is 2.80. The monoisotopic (exact) mass is 226 g/mol. The average molecular weight is 226 g/mol. The average Bonchev–Trinajstić information content (AvgIpc) is 2.30. The first kappa shape index (κ1) is 12.7. The molecule has 86 valence electrons. The first-order chi connectivity index (χ1) is 7.97. The second-order valence-corrected chi connectivity index (χ2v) is 4.62. The molecule has 0 atom stereocenters. The zero-order valence-electron chi connectivity index (χ0n) is 10.2. The Morgan fingerprint density at radius 1 is 1.12 bits per heavy atom. The molecule has 4 heteroatoms. The van der Waals surface area contributed by atoms with E-state index in [4.69, 9.17) is 10.5 Å². The third-order valence-corrected chi connectivity index (χ3v) is 2.26. The number of hydrogen-bond donors (Lipinski definition) is 1. The van der Waals surface area contributed by atoms with Crippen molar-refractivity contribution in [3.05, 3.63) is 29.8 Å². The first-order valence-electron chi connectivity index (χ1n) is 5.22. The maximum atomic E-state index is 8.51. The predicted molar refractivity (Wildman–Crippen MR) is 67.4 cm³/mol. The van der Waals surface area contributed by atoms with Crippen LogP contribution in [0.1, 0.15) is 26.3 Å². The molecule has 0 bridgehead atoms. The Bertz CT molecular complexity index is 476. The van der Waals surface area contributed by atoms with Gasteiger partial charge in [0.25, 0.3) is 0 Å². The molecule has 0 aliphatic rings. The summed E-state index contributed by atoms with van der Waals surface area (Å²) in [5.74, 6) is 0. The molecule has 0 radical (unpaired) electrons. The Morgan fingerprint density at radius 3 is 2.06 bits per heavy atom. The van der Waals surface area contributed by atoms with Crippen LogP contribution in [-0.2, 0) is 5.41 Å². The summed E-state index contributed by atoms with van der Waals surface area (Å²) in [6.45, 7) is 6.41. The van der Waals surface area contributed by atoms with Crippen LogP contribution in [0.2, 0.25) is 0 Å². The smallest absolute Gasteiger partial charge is 0.237 e. The largest absolute Gasteiger partial charge is 0.277 e. The van der Waals surface area contributed by atoms with Crippen LogP contribution in [0.15, 0.2) is 29.4 Å². The topological polar surface area (TPSA) is 72.0 Å². The van der Waals surface area contributed by atoms with E-state index < -0.39 is 0 Å². The van der Waals surface area contributed by atoms with Gasteiger partial charge >= 0.3 is 0 Å². The van der Waals surface area contributed by atoms with E-state index in [0.29, 0.717) is 0 Å². The van der Waals surface area contributed by atoms with E-state index in [1.54, 1.807) is 12.1 Å². The summed E-state index contributed by atoms with van der Waals surface area (Å²) in [5.41, 5.74) is 4.55. The van der Waals surface area contributed by atoms with Crippen molar-refractivity contribution in [2.24, 2.45) is 5.10 Å². The molecule has 1 rings (SSSR count). The lowest BCUT2D eigenvalue weighted by atomic mass is 9.87. The van der Waals surface area contributed by atoms with Gasteiger partial charge in [-0.3, -0.25) is 5.43 Å². The minimum absolute atomic E-state index is 0.103. The highest BCUT2D eigenvalue weighted by Crippen LogP contribution is 2.23. The quantitative estimate of drug-likeness (QED) is 0.622. The van der Waals surface area contributed by atoms with Gasteiger partial charge in [0.05, 0.1) is 5.69 Å². The maximum absolute atomic E-state index is 8.51. The number of nitrogens with one attached hydrogen (secondary N) is 1. The zero-order chi connectivity index (χ0) is 12.9. The van der Waals surface area contributed by atoms with Crippen molar-refractivity contribution in [1.29, 1.82) is 10.5 Å². The van der Waals surface area contributed by atoms with E-state index in [1.807, 2.05) is 24.3 Å². The highest BCUT2D eigenvalue weighted by molar-refractivity contribution is 6.10. The van der Waals surface area contributed by atoms with Crippen molar-refractivity contribution in [2.45, 2.75) is 26.2 Å². The van der Waals surface area contributed by atoms with E-state index in [-0.39, 0.29) is 11.1 Å². The summed E-state index contributed by atoms with van der Waals surface area (Å²) in [7, 11) is 0. The number of hydrazone groups is 1. The fourth-order valence-electron chi connectivity index (χ4n) is 1.24. The zero-order valence-corrected chi connectivity index (χ0v) is 10.2. The summed E-state index contributed by atoms with van der Waals surface area (Å²) in [5, 5.41) is 20.7. The van der Waals surface area contributed by atoms with Gasteiger partial charge < -0.3 is 0 Å². The first-order valence-corrected chi connectivity index (χ1v) is 5.22. The standard InChI is InChI=1S/C13H14N4/c1-13(2,3)10-4-6-11(7-5-10)16-17-12(8-14)9-15/h4-7,16H,1-3H3. The minimum Gasteiger partial charge on any atom is -0.277 e. The molecule has 0 aliphatic carbocycles. The summed E-state index contributed by atoms with van der Waals surface area (Å²) in [4.78, 5) is 0. The molecular formula is C13H14N4. The van der Waals surface area contributed by atoms with Crippen molar-refractivity contribution in [2.75, 3.05) is 5.43 Å². The Morgan fingerprint density at radius 2 is 1.65 bits per heavy atom. The minimum atomic E-state index is -0.190. The van der Waals surface area contributed by atoms with Crippen LogP contribution in [0.4, 0.5) is 5.69 Å². The molecule has 1 N–H and O–H groups in total. The van der Waals surface area contributed by atoms with Crippen LogP contribution >= 0.6 is 0 Å². The Balaban J connectivity index is 2.81. The summed E-state index contributed by atoms with van der Waals surface area (Å²) in [6, 6.07) is 11.1. The number of nitrogens with zero attached hydrogens (tertiary/aromatic N) is 3. The van der Waals surface area contributed by atoms with Crippen molar-refractivity contribution in [1.82, 2.24) is 0 Å². The molecule has 0 fully saturated rings. The van der Waals surface area contributed by atoms with E-state index in [0.717, 1.165) is 5.69 Å². The van der Waals surface area contributed by atoms with Gasteiger partial charge in [0.2, 0.25) is 5.71 Å². The van der Waals surface area contributed by atoms with E-state index in [2.05, 4.69) is 31.3 Å². The van der Waals surface area contributed by atoms with Crippen LogP contribution in [-0.4, -0.2) is 5.71 Å². The molecule has 0 heterocycles. The lowest BCUT2D eigenvalue weighted by molar-refractivity contribution is 0.590. The number of hydrogen-bond acceptors (Lipinski definition) is 4. The molecule has 1 aromatic carbocycles. The summed E-state index contributed by atoms with van der Waals surface area (Å²) in [6.07, 6.45) is 0. The van der Waals surface area contributed by atoms with Crippen LogP contribution in [0.25, 0.3) is 0 Å². The molecule has 0 saturated carbocycles. The van der Waals surface area contributed by atoms with Gasteiger partial charge in [0, 0.05) is 0 Å². The van der Waals surface area contributed by atoms with Crippen molar-refractivity contribution in [3.8, 4) is 12.1 Å². The third-order valence-electron chi connectivity index (χ3n) is 2.26. The van der Waals surface area contributed by atoms with Crippen LogP contribution in [0.5, 0.6) is 0 Å². The second-order valence-electron chi connectivity index (χ2n) is 4.62. The lowest BCUT2D eigenvalue weighted by Gasteiger charge is -2.18. The van der Waals surface area contributed by atoms with Gasteiger partial charge in [0.1, 0.15) is 12.1 Å². The van der Waals surface area contributed by atoms with E-state index in [9.17, 15) is 0 Å². The van der Waals surface area contributed by atoms with Gasteiger partial charge in [-0.25, -0.2) is 0 Å². The highest BCUT2D eigenvalue weighted by atomic mass is 15.3. The Hall–Kier alpha value is -2.33. The fraction of sp³-hybridized carbons (Fsp3) is 0.308. The number of nitriles is 2. The van der Waals surface area contributed by atoms with Crippen molar-refractivity contribution >= 4 is 11.4 Å². The SMILES string of the molecule is CC(C)(C)c1ccc(NN=C(C#N)C#N)cc1. The molecule has 4 nitrogen and oxygen atoms in total. The molecule has 0 unspecified atom stereocenters. The van der Waals surface area contributed by atoms with Crippen molar-refractivity contribution < 1.29 is 0 Å². The summed E-state index contributed by atoms with van der Waals surface area (Å²) < 4.78 is 0. The van der Waals surface area contributed by atoms with E-state index in [1.165, 1.54) is 5.56 Å². The van der Waals surface area contributed by atoms with Gasteiger partial charge in [-0.1, -0.05) is 32.9 Å². The highest BCUT2D eigenvalue weighted by Gasteiger charge is 2.12. The molecule has 0 aromatic heterocycles. The van der Waals surface area contributed by atoms with Crippen LogP contribution in [0.3, 0.4) is 0 Å². The molecule has 17 heavy (non-hydrogen) atoms. The normalized spacial score (nSPS) is 9.94. The molecule has 0 amide bonds. The van der Waals surface area contributed by atoms with Crippen LogP contribution < -0.4 is 5.43 Å². The molecule has 0 spiro atoms. The van der Waals surface area contributed by atoms with Crippen LogP contribution in [0, 0.1) is 22.7 Å². The fourth-order valence-corrected chi connectivity index (χ4v) is 1.24. The van der Waals surface area contributed by atoms with Gasteiger partial charge in [-0.15, -0.1) is 0 Å².